The van der Waals surface area contributed by atoms with Crippen molar-refractivity contribution in [2.45, 2.75) is 66.2 Å². The molecule has 10 heteroatoms. The highest BCUT2D eigenvalue weighted by atomic mass is 32.2. The number of hydrogen-bond donors (Lipinski definition) is 1. The van der Waals surface area contributed by atoms with E-state index >= 15 is 0 Å². The van der Waals surface area contributed by atoms with Crippen LogP contribution >= 0.6 is 11.8 Å². The zero-order valence-corrected chi connectivity index (χ0v) is 27.4. The third-order valence-corrected chi connectivity index (χ3v) is 9.09. The molecule has 242 valence electrons. The van der Waals surface area contributed by atoms with Gasteiger partial charge in [-0.15, -0.1) is 0 Å². The van der Waals surface area contributed by atoms with Crippen molar-refractivity contribution in [3.63, 3.8) is 0 Å². The van der Waals surface area contributed by atoms with Gasteiger partial charge in [0.15, 0.2) is 0 Å². The summed E-state index contributed by atoms with van der Waals surface area (Å²) in [5.74, 6) is 1.66. The molecule has 1 fully saturated rings. The highest BCUT2D eigenvalue weighted by Crippen LogP contribution is 2.44. The Morgan fingerprint density at radius 2 is 1.74 bits per heavy atom. The third kappa shape index (κ3) is 7.12. The minimum Gasteiger partial charge on any atom is -0.489 e. The molecule has 6 nitrogen and oxygen atoms in total. The number of imide groups is 1. The fraction of sp³-hybridized carbons (Fsp3) is 0.333. The van der Waals surface area contributed by atoms with Gasteiger partial charge in [-0.05, 0) is 130 Å². The maximum atomic E-state index is 13.3. The molecule has 46 heavy (non-hydrogen) atoms. The topological polar surface area (TPSA) is 73.9 Å². The summed E-state index contributed by atoms with van der Waals surface area (Å²) in [7, 11) is 0. The van der Waals surface area contributed by atoms with Crippen molar-refractivity contribution in [3.05, 3.63) is 92.4 Å². The largest absolute Gasteiger partial charge is 0.489 e. The lowest BCUT2D eigenvalue weighted by molar-refractivity contribution is -0.137. The predicted octanol–water partition coefficient (Wildman–Crippen LogP) is 9.13. The first-order valence-corrected chi connectivity index (χ1v) is 15.7. The van der Waals surface area contributed by atoms with E-state index in [4.69, 9.17) is 14.2 Å². The van der Waals surface area contributed by atoms with Crippen LogP contribution < -0.4 is 19.5 Å². The van der Waals surface area contributed by atoms with E-state index in [1.54, 1.807) is 24.3 Å². The van der Waals surface area contributed by atoms with Gasteiger partial charge in [-0.3, -0.25) is 14.9 Å². The maximum absolute atomic E-state index is 13.3. The van der Waals surface area contributed by atoms with Gasteiger partial charge in [-0.25, -0.2) is 0 Å². The second-order valence-corrected chi connectivity index (χ2v) is 13.1. The molecule has 0 aliphatic carbocycles. The molecule has 0 aromatic heterocycles. The SMILES string of the molecule is CC(C)=CCOc1c(C)c(C)c2c(c1C)CCC(C)(COc1ccc(/C=C3\SC(=O)NC3=O)cc1-c1ccc(C(F)(F)F)cc1)O2. The smallest absolute Gasteiger partial charge is 0.416 e. The number of carbonyl (C=O) groups is 2. The summed E-state index contributed by atoms with van der Waals surface area (Å²) >= 11 is 0.789. The number of amides is 2. The van der Waals surface area contributed by atoms with Gasteiger partial charge in [-0.1, -0.05) is 23.8 Å². The number of allylic oxidation sites excluding steroid dienone is 1. The maximum Gasteiger partial charge on any atom is 0.416 e. The summed E-state index contributed by atoms with van der Waals surface area (Å²) in [5.41, 5.74) is 5.59. The molecule has 1 atom stereocenters. The van der Waals surface area contributed by atoms with E-state index in [9.17, 15) is 22.8 Å². The van der Waals surface area contributed by atoms with Gasteiger partial charge in [-0.2, -0.15) is 13.2 Å². The quantitative estimate of drug-likeness (QED) is 0.194. The first-order valence-electron chi connectivity index (χ1n) is 14.9. The number of carbonyl (C=O) groups excluding carboxylic acids is 2. The van der Waals surface area contributed by atoms with Crippen LogP contribution in [-0.2, 0) is 17.4 Å². The zero-order valence-electron chi connectivity index (χ0n) is 26.6. The van der Waals surface area contributed by atoms with Crippen LogP contribution in [0, 0.1) is 20.8 Å². The number of halogens is 3. The molecule has 0 saturated carbocycles. The summed E-state index contributed by atoms with van der Waals surface area (Å²) in [6.07, 6.45) is 0.581. The van der Waals surface area contributed by atoms with Crippen molar-refractivity contribution in [3.8, 4) is 28.4 Å². The minimum absolute atomic E-state index is 0.184. The van der Waals surface area contributed by atoms with Crippen LogP contribution in [0.1, 0.15) is 60.6 Å². The summed E-state index contributed by atoms with van der Waals surface area (Å²) < 4.78 is 59.1. The van der Waals surface area contributed by atoms with Crippen molar-refractivity contribution in [1.82, 2.24) is 5.32 Å². The van der Waals surface area contributed by atoms with Gasteiger partial charge >= 0.3 is 6.18 Å². The Labute approximate surface area is 271 Å². The number of benzene rings is 3. The molecule has 5 rings (SSSR count). The molecular weight excluding hydrogens is 615 g/mol. The Morgan fingerprint density at radius 1 is 1.02 bits per heavy atom. The van der Waals surface area contributed by atoms with Crippen molar-refractivity contribution in [1.29, 1.82) is 0 Å². The molecule has 2 aliphatic heterocycles. The molecule has 0 radical (unpaired) electrons. The van der Waals surface area contributed by atoms with Crippen molar-refractivity contribution in [2.75, 3.05) is 13.2 Å². The number of fused-ring (bicyclic) bond motifs is 1. The Kier molecular flexibility index (Phi) is 9.31. The van der Waals surface area contributed by atoms with E-state index in [-0.39, 0.29) is 11.5 Å². The number of ether oxygens (including phenoxy) is 3. The van der Waals surface area contributed by atoms with Crippen molar-refractivity contribution >= 4 is 29.0 Å². The average molecular weight is 652 g/mol. The van der Waals surface area contributed by atoms with Crippen LogP contribution in [-0.4, -0.2) is 30.0 Å². The lowest BCUT2D eigenvalue weighted by Crippen LogP contribution is -2.42. The lowest BCUT2D eigenvalue weighted by Gasteiger charge is -2.38. The van der Waals surface area contributed by atoms with Gasteiger partial charge in [0.25, 0.3) is 11.1 Å². The van der Waals surface area contributed by atoms with E-state index in [1.807, 2.05) is 40.7 Å². The normalized spacial score (nSPS) is 18.6. The van der Waals surface area contributed by atoms with Gasteiger partial charge in [0, 0.05) is 11.1 Å². The van der Waals surface area contributed by atoms with E-state index < -0.39 is 28.5 Å². The van der Waals surface area contributed by atoms with Crippen molar-refractivity contribution in [2.24, 2.45) is 0 Å². The minimum atomic E-state index is -4.47. The first-order chi connectivity index (χ1) is 21.6. The van der Waals surface area contributed by atoms with Crippen LogP contribution in [0.2, 0.25) is 0 Å². The Morgan fingerprint density at radius 3 is 2.37 bits per heavy atom. The molecule has 2 amide bonds. The van der Waals surface area contributed by atoms with E-state index in [1.165, 1.54) is 17.7 Å². The van der Waals surface area contributed by atoms with Gasteiger partial charge in [0.1, 0.15) is 36.1 Å². The fourth-order valence-electron chi connectivity index (χ4n) is 5.52. The summed E-state index contributed by atoms with van der Waals surface area (Å²) in [4.78, 5) is 24.0. The van der Waals surface area contributed by atoms with Crippen LogP contribution in [0.15, 0.2) is 59.0 Å². The van der Waals surface area contributed by atoms with Crippen LogP contribution in [0.25, 0.3) is 17.2 Å². The molecule has 0 spiro atoms. The van der Waals surface area contributed by atoms with E-state index in [0.29, 0.717) is 35.5 Å². The number of nitrogens with one attached hydrogen (secondary N) is 1. The zero-order chi connectivity index (χ0) is 33.4. The van der Waals surface area contributed by atoms with Gasteiger partial charge in [0.2, 0.25) is 0 Å². The molecular formula is C36H36F3NO5S. The highest BCUT2D eigenvalue weighted by molar-refractivity contribution is 8.18. The predicted molar refractivity (Wildman–Crippen MR) is 174 cm³/mol. The molecule has 1 N–H and O–H groups in total. The molecule has 3 aromatic rings. The first kappa shape index (κ1) is 33.2. The number of alkyl halides is 3. The Balaban J connectivity index is 1.43. The van der Waals surface area contributed by atoms with Crippen LogP contribution in [0.4, 0.5) is 18.0 Å². The van der Waals surface area contributed by atoms with Gasteiger partial charge in [0.05, 0.1) is 10.5 Å². The standard InChI is InChI=1S/C36H36F3NO5S/c1-20(2)14-16-43-31-21(3)22(4)32-27(23(31)5)13-15-35(6,45-32)19-44-29-12-7-24(18-30-33(41)40-34(42)46-30)17-28(29)25-8-10-26(11-9-25)36(37,38)39/h7-12,14,17-18H,13,15-16,19H2,1-6H3,(H,40,41,42)/b30-18-. The summed E-state index contributed by atoms with van der Waals surface area (Å²) in [6.45, 7) is 12.9. The monoisotopic (exact) mass is 651 g/mol. The van der Waals surface area contributed by atoms with Crippen LogP contribution in [0.5, 0.6) is 17.2 Å². The number of thioether (sulfide) groups is 1. The van der Waals surface area contributed by atoms with Crippen LogP contribution in [0.3, 0.4) is 0 Å². The third-order valence-electron chi connectivity index (χ3n) is 8.28. The Hall–Kier alpha value is -4.18. The second-order valence-electron chi connectivity index (χ2n) is 12.1. The molecule has 2 heterocycles. The Bertz CT molecular complexity index is 1760. The molecule has 1 unspecified atom stereocenters. The molecule has 2 aliphatic rings. The van der Waals surface area contributed by atoms with E-state index in [0.717, 1.165) is 64.1 Å². The molecule has 0 bridgehead atoms. The number of rotatable bonds is 8. The fourth-order valence-corrected chi connectivity index (χ4v) is 6.20. The average Bonchev–Trinajstić information content (AvgIpc) is 3.32. The summed E-state index contributed by atoms with van der Waals surface area (Å²) in [6, 6.07) is 10.0. The highest BCUT2D eigenvalue weighted by Gasteiger charge is 2.36. The summed E-state index contributed by atoms with van der Waals surface area (Å²) in [5, 5.41) is 1.76. The molecule has 3 aromatic carbocycles. The van der Waals surface area contributed by atoms with Gasteiger partial charge < -0.3 is 14.2 Å². The van der Waals surface area contributed by atoms with E-state index in [2.05, 4.69) is 12.2 Å². The number of hydrogen-bond acceptors (Lipinski definition) is 6. The second kappa shape index (κ2) is 12.9. The van der Waals surface area contributed by atoms with Crippen molar-refractivity contribution < 1.29 is 37.0 Å². The molecule has 1 saturated heterocycles. The lowest BCUT2D eigenvalue weighted by atomic mass is 9.87.